The number of benzene rings is 3. The third kappa shape index (κ3) is 4.40. The minimum atomic E-state index is -0.370. The summed E-state index contributed by atoms with van der Waals surface area (Å²) in [6.07, 6.45) is 0.0447. The summed E-state index contributed by atoms with van der Waals surface area (Å²) in [5.74, 6) is -0.00579. The molecule has 0 unspecified atom stereocenters. The second-order valence-corrected chi connectivity index (χ2v) is 8.60. The van der Waals surface area contributed by atoms with Crippen LogP contribution >= 0.6 is 0 Å². The molecule has 1 aliphatic heterocycles. The third-order valence-corrected chi connectivity index (χ3v) is 5.73. The van der Waals surface area contributed by atoms with E-state index in [1.165, 1.54) is 4.90 Å². The number of carbonyl (C=O) groups is 2. The molecule has 0 atom stereocenters. The first-order valence-corrected chi connectivity index (χ1v) is 11.1. The maximum absolute atomic E-state index is 13.6. The topological polar surface area (TPSA) is 58.6 Å². The molecular formula is C28H28N2O3. The average molecular weight is 441 g/mol. The summed E-state index contributed by atoms with van der Waals surface area (Å²) >= 11 is 0. The monoisotopic (exact) mass is 440 g/mol. The first-order valence-electron chi connectivity index (χ1n) is 11.1. The smallest absolute Gasteiger partial charge is 0.282 e. The third-order valence-electron chi connectivity index (χ3n) is 5.73. The highest BCUT2D eigenvalue weighted by Crippen LogP contribution is 2.35. The largest absolute Gasteiger partial charge is 0.491 e. The van der Waals surface area contributed by atoms with E-state index >= 15 is 0 Å². The Balaban J connectivity index is 1.80. The van der Waals surface area contributed by atoms with E-state index in [4.69, 9.17) is 4.74 Å². The number of nitrogens with one attached hydrogen (secondary N) is 1. The molecule has 5 nitrogen and oxygen atoms in total. The molecule has 168 valence electrons. The van der Waals surface area contributed by atoms with Crippen molar-refractivity contribution in [2.24, 2.45) is 0 Å². The van der Waals surface area contributed by atoms with Crippen LogP contribution in [0, 0.1) is 20.8 Å². The Bertz CT molecular complexity index is 1260. The lowest BCUT2D eigenvalue weighted by molar-refractivity contribution is -0.120. The van der Waals surface area contributed by atoms with E-state index < -0.39 is 0 Å². The zero-order valence-corrected chi connectivity index (χ0v) is 19.6. The van der Waals surface area contributed by atoms with Crippen molar-refractivity contribution in [2.75, 3.05) is 10.2 Å². The summed E-state index contributed by atoms with van der Waals surface area (Å²) in [6, 6.07) is 20.6. The van der Waals surface area contributed by atoms with Crippen LogP contribution in [0.4, 0.5) is 11.4 Å². The molecule has 0 aromatic heterocycles. The van der Waals surface area contributed by atoms with E-state index in [0.717, 1.165) is 22.4 Å². The van der Waals surface area contributed by atoms with Gasteiger partial charge in [-0.25, -0.2) is 4.90 Å². The number of nitrogens with zero attached hydrogens (tertiary/aromatic N) is 1. The molecule has 0 saturated heterocycles. The molecule has 0 aliphatic carbocycles. The van der Waals surface area contributed by atoms with Gasteiger partial charge in [0, 0.05) is 5.69 Å². The molecule has 0 radical (unpaired) electrons. The molecule has 0 saturated carbocycles. The van der Waals surface area contributed by atoms with E-state index in [1.54, 1.807) is 6.07 Å². The Morgan fingerprint density at radius 1 is 0.788 bits per heavy atom. The van der Waals surface area contributed by atoms with Crippen molar-refractivity contribution in [3.63, 3.8) is 0 Å². The van der Waals surface area contributed by atoms with Crippen LogP contribution in [-0.2, 0) is 9.59 Å². The van der Waals surface area contributed by atoms with E-state index in [2.05, 4.69) is 5.32 Å². The molecule has 1 heterocycles. The van der Waals surface area contributed by atoms with Gasteiger partial charge >= 0.3 is 0 Å². The lowest BCUT2D eigenvalue weighted by atomic mass is 10.0. The van der Waals surface area contributed by atoms with Gasteiger partial charge in [-0.3, -0.25) is 9.59 Å². The molecule has 3 aromatic carbocycles. The summed E-state index contributed by atoms with van der Waals surface area (Å²) in [5, 5.41) is 3.24. The van der Waals surface area contributed by atoms with Crippen LogP contribution in [-0.4, -0.2) is 17.9 Å². The lowest BCUT2D eigenvalue weighted by Gasteiger charge is -2.17. The summed E-state index contributed by atoms with van der Waals surface area (Å²) in [7, 11) is 0. The summed E-state index contributed by atoms with van der Waals surface area (Å²) in [4.78, 5) is 28.5. The number of anilines is 2. The molecular weight excluding hydrogens is 412 g/mol. The van der Waals surface area contributed by atoms with E-state index in [9.17, 15) is 9.59 Å². The van der Waals surface area contributed by atoms with Gasteiger partial charge in [0.2, 0.25) is 0 Å². The zero-order chi connectivity index (χ0) is 23.7. The fraction of sp³-hybridized carbons (Fsp3) is 0.214. The molecule has 0 bridgehead atoms. The van der Waals surface area contributed by atoms with Gasteiger partial charge in [0.1, 0.15) is 11.4 Å². The maximum atomic E-state index is 13.6. The first-order chi connectivity index (χ1) is 15.8. The van der Waals surface area contributed by atoms with E-state index in [0.29, 0.717) is 22.6 Å². The van der Waals surface area contributed by atoms with Gasteiger partial charge in [0.05, 0.1) is 17.4 Å². The van der Waals surface area contributed by atoms with Crippen LogP contribution in [0.2, 0.25) is 0 Å². The highest BCUT2D eigenvalue weighted by Gasteiger charge is 2.40. The van der Waals surface area contributed by atoms with Gasteiger partial charge in [-0.15, -0.1) is 0 Å². The number of rotatable bonds is 6. The van der Waals surface area contributed by atoms with Crippen molar-refractivity contribution < 1.29 is 14.3 Å². The van der Waals surface area contributed by atoms with Gasteiger partial charge in [-0.1, -0.05) is 36.4 Å². The quantitative estimate of drug-likeness (QED) is 0.493. The Kier molecular flexibility index (Phi) is 6.05. The maximum Gasteiger partial charge on any atom is 0.282 e. The molecule has 3 aromatic rings. The second kappa shape index (κ2) is 8.94. The number of amides is 2. The minimum absolute atomic E-state index is 0.0447. The number of hydrogen-bond donors (Lipinski definition) is 1. The normalized spacial score (nSPS) is 13.8. The van der Waals surface area contributed by atoms with Crippen molar-refractivity contribution in [1.82, 2.24) is 0 Å². The predicted molar refractivity (Wildman–Crippen MR) is 132 cm³/mol. The number of carbonyl (C=O) groups excluding carboxylic acids is 2. The van der Waals surface area contributed by atoms with Gasteiger partial charge in [-0.05, 0) is 87.2 Å². The van der Waals surface area contributed by atoms with Gasteiger partial charge < -0.3 is 10.1 Å². The SMILES string of the molecule is Cc1ccc(NC2=C(c3ccc(OC(C)C)cc3)C(=O)N(c3ccccc3C)C2=O)cc1C. The van der Waals surface area contributed by atoms with Gasteiger partial charge in [0.25, 0.3) is 11.8 Å². The number of hydrogen-bond acceptors (Lipinski definition) is 4. The van der Waals surface area contributed by atoms with Crippen molar-refractivity contribution in [3.05, 3.63) is 94.7 Å². The van der Waals surface area contributed by atoms with Crippen LogP contribution < -0.4 is 15.0 Å². The number of imide groups is 1. The molecule has 1 N–H and O–H groups in total. The standard InChI is InChI=1S/C28H28N2O3/c1-17(2)33-23-14-11-21(12-15-23)25-26(29-22-13-10-18(3)20(5)16-22)28(32)30(27(25)31)24-9-7-6-8-19(24)4/h6-17,29H,1-5H3. The molecule has 4 rings (SSSR count). The van der Waals surface area contributed by atoms with Crippen LogP contribution in [0.5, 0.6) is 5.75 Å². The van der Waals surface area contributed by atoms with Crippen molar-refractivity contribution >= 4 is 28.8 Å². The number of aryl methyl sites for hydroxylation is 3. The highest BCUT2D eigenvalue weighted by molar-refractivity contribution is 6.46. The molecule has 2 amide bonds. The molecule has 5 heteroatoms. The molecule has 0 fully saturated rings. The minimum Gasteiger partial charge on any atom is -0.491 e. The fourth-order valence-electron chi connectivity index (χ4n) is 3.88. The predicted octanol–water partition coefficient (Wildman–Crippen LogP) is 5.80. The van der Waals surface area contributed by atoms with Crippen LogP contribution in [0.1, 0.15) is 36.1 Å². The van der Waals surface area contributed by atoms with E-state index in [1.807, 2.05) is 95.3 Å². The van der Waals surface area contributed by atoms with Crippen LogP contribution in [0.15, 0.2) is 72.4 Å². The van der Waals surface area contributed by atoms with Crippen molar-refractivity contribution in [3.8, 4) is 5.75 Å². The number of ether oxygens (including phenoxy) is 1. The summed E-state index contributed by atoms with van der Waals surface area (Å²) < 4.78 is 5.74. The van der Waals surface area contributed by atoms with E-state index in [-0.39, 0.29) is 23.6 Å². The first kappa shape index (κ1) is 22.3. The summed E-state index contributed by atoms with van der Waals surface area (Å²) in [5.41, 5.74) is 5.73. The average Bonchev–Trinajstić information content (AvgIpc) is 3.01. The van der Waals surface area contributed by atoms with Gasteiger partial charge in [-0.2, -0.15) is 0 Å². The van der Waals surface area contributed by atoms with Crippen LogP contribution in [0.25, 0.3) is 5.57 Å². The zero-order valence-electron chi connectivity index (χ0n) is 19.6. The van der Waals surface area contributed by atoms with Crippen molar-refractivity contribution in [1.29, 1.82) is 0 Å². The Morgan fingerprint density at radius 3 is 2.12 bits per heavy atom. The summed E-state index contributed by atoms with van der Waals surface area (Å²) in [6.45, 7) is 9.87. The van der Waals surface area contributed by atoms with Crippen LogP contribution in [0.3, 0.4) is 0 Å². The Morgan fingerprint density at radius 2 is 1.48 bits per heavy atom. The molecule has 0 spiro atoms. The second-order valence-electron chi connectivity index (χ2n) is 8.60. The van der Waals surface area contributed by atoms with Gasteiger partial charge in [0.15, 0.2) is 0 Å². The fourth-order valence-corrected chi connectivity index (χ4v) is 3.88. The number of para-hydroxylation sites is 1. The highest BCUT2D eigenvalue weighted by atomic mass is 16.5. The Hall–Kier alpha value is -3.86. The Labute approximate surface area is 194 Å². The van der Waals surface area contributed by atoms with Crippen molar-refractivity contribution in [2.45, 2.75) is 40.7 Å². The lowest BCUT2D eigenvalue weighted by Crippen LogP contribution is -2.33. The molecule has 33 heavy (non-hydrogen) atoms. The molecule has 1 aliphatic rings.